The molecule has 0 bridgehead atoms. The predicted octanol–water partition coefficient (Wildman–Crippen LogP) is 3.43. The standard InChI is InChI=1S/C16H12ClN3O/c17-14-3-2-13(8-12(14)9-18)20-16(21)11-1-4-15-10(7-11)5-6-19-15/h1-4,7-8,19H,5-6H2,(H,20,21). The first-order valence-corrected chi connectivity index (χ1v) is 6.93. The van der Waals surface area contributed by atoms with E-state index in [4.69, 9.17) is 16.9 Å². The van der Waals surface area contributed by atoms with Crippen molar-refractivity contribution >= 4 is 28.9 Å². The van der Waals surface area contributed by atoms with Crippen LogP contribution in [0.15, 0.2) is 36.4 Å². The SMILES string of the molecule is N#Cc1cc(NC(=O)c2ccc3c(c2)CCN3)ccc1Cl. The summed E-state index contributed by atoms with van der Waals surface area (Å²) in [6, 6.07) is 12.4. The fraction of sp³-hybridized carbons (Fsp3) is 0.125. The van der Waals surface area contributed by atoms with Crippen molar-refractivity contribution in [2.24, 2.45) is 0 Å². The van der Waals surface area contributed by atoms with E-state index in [9.17, 15) is 4.79 Å². The van der Waals surface area contributed by atoms with Crippen molar-refractivity contribution in [1.29, 1.82) is 5.26 Å². The van der Waals surface area contributed by atoms with Crippen LogP contribution in [0.25, 0.3) is 0 Å². The summed E-state index contributed by atoms with van der Waals surface area (Å²) in [5.74, 6) is -0.198. The maximum Gasteiger partial charge on any atom is 0.255 e. The average Bonchev–Trinajstić information content (AvgIpc) is 2.96. The zero-order valence-electron chi connectivity index (χ0n) is 11.1. The van der Waals surface area contributed by atoms with E-state index in [1.165, 1.54) is 0 Å². The fourth-order valence-corrected chi connectivity index (χ4v) is 2.50. The second kappa shape index (κ2) is 5.47. The molecule has 0 fully saturated rings. The average molecular weight is 298 g/mol. The van der Waals surface area contributed by atoms with E-state index in [-0.39, 0.29) is 5.91 Å². The monoisotopic (exact) mass is 297 g/mol. The van der Waals surface area contributed by atoms with Crippen LogP contribution in [-0.4, -0.2) is 12.5 Å². The topological polar surface area (TPSA) is 64.9 Å². The molecule has 3 rings (SSSR count). The van der Waals surface area contributed by atoms with Gasteiger partial charge in [0.05, 0.1) is 10.6 Å². The third-order valence-electron chi connectivity index (χ3n) is 3.42. The lowest BCUT2D eigenvalue weighted by atomic mass is 10.1. The van der Waals surface area contributed by atoms with Crippen molar-refractivity contribution in [2.45, 2.75) is 6.42 Å². The highest BCUT2D eigenvalue weighted by molar-refractivity contribution is 6.31. The second-order valence-corrected chi connectivity index (χ2v) is 5.22. The Bertz CT molecular complexity index is 765. The highest BCUT2D eigenvalue weighted by Gasteiger charge is 2.14. The molecule has 0 aromatic heterocycles. The van der Waals surface area contributed by atoms with Gasteiger partial charge in [0.15, 0.2) is 0 Å². The zero-order chi connectivity index (χ0) is 14.8. The van der Waals surface area contributed by atoms with Gasteiger partial charge in [0.1, 0.15) is 6.07 Å². The first kappa shape index (κ1) is 13.5. The predicted molar refractivity (Wildman–Crippen MR) is 82.8 cm³/mol. The van der Waals surface area contributed by atoms with Gasteiger partial charge in [-0.25, -0.2) is 0 Å². The number of carbonyl (C=O) groups is 1. The Balaban J connectivity index is 1.82. The van der Waals surface area contributed by atoms with Crippen LogP contribution >= 0.6 is 11.6 Å². The molecule has 2 N–H and O–H groups in total. The van der Waals surface area contributed by atoms with Crippen molar-refractivity contribution in [3.63, 3.8) is 0 Å². The van der Waals surface area contributed by atoms with Gasteiger partial charge in [-0.3, -0.25) is 4.79 Å². The molecular formula is C16H12ClN3O. The van der Waals surface area contributed by atoms with Crippen LogP contribution in [0.1, 0.15) is 21.5 Å². The summed E-state index contributed by atoms with van der Waals surface area (Å²) in [7, 11) is 0. The molecule has 21 heavy (non-hydrogen) atoms. The number of amides is 1. The van der Waals surface area contributed by atoms with E-state index >= 15 is 0 Å². The molecular weight excluding hydrogens is 286 g/mol. The van der Waals surface area contributed by atoms with Gasteiger partial charge in [-0.15, -0.1) is 0 Å². The van der Waals surface area contributed by atoms with Gasteiger partial charge in [0.25, 0.3) is 5.91 Å². The minimum Gasteiger partial charge on any atom is -0.384 e. The van der Waals surface area contributed by atoms with Gasteiger partial charge in [-0.1, -0.05) is 11.6 Å². The van der Waals surface area contributed by atoms with Gasteiger partial charge in [-0.2, -0.15) is 5.26 Å². The molecule has 0 saturated heterocycles. The Morgan fingerprint density at radius 1 is 1.29 bits per heavy atom. The van der Waals surface area contributed by atoms with Crippen molar-refractivity contribution in [1.82, 2.24) is 0 Å². The highest BCUT2D eigenvalue weighted by Crippen LogP contribution is 2.24. The third kappa shape index (κ3) is 2.69. The van der Waals surface area contributed by atoms with Crippen LogP contribution in [-0.2, 0) is 6.42 Å². The Hall–Kier alpha value is -2.51. The summed E-state index contributed by atoms with van der Waals surface area (Å²) in [5.41, 5.74) is 3.74. The minimum absolute atomic E-state index is 0.198. The van der Waals surface area contributed by atoms with E-state index in [2.05, 4.69) is 10.6 Å². The Morgan fingerprint density at radius 3 is 2.95 bits per heavy atom. The number of nitriles is 1. The maximum atomic E-state index is 12.3. The number of nitrogens with one attached hydrogen (secondary N) is 2. The quantitative estimate of drug-likeness (QED) is 0.892. The Morgan fingerprint density at radius 2 is 2.14 bits per heavy atom. The summed E-state index contributed by atoms with van der Waals surface area (Å²) >= 11 is 5.87. The zero-order valence-corrected chi connectivity index (χ0v) is 11.9. The fourth-order valence-electron chi connectivity index (χ4n) is 2.34. The van der Waals surface area contributed by atoms with Crippen molar-refractivity contribution in [3.05, 3.63) is 58.1 Å². The maximum absolute atomic E-state index is 12.3. The molecule has 0 spiro atoms. The highest BCUT2D eigenvalue weighted by atomic mass is 35.5. The molecule has 1 aliphatic rings. The Kier molecular flexibility index (Phi) is 3.51. The summed E-state index contributed by atoms with van der Waals surface area (Å²) < 4.78 is 0. The number of hydrogen-bond donors (Lipinski definition) is 2. The lowest BCUT2D eigenvalue weighted by molar-refractivity contribution is 0.102. The number of carbonyl (C=O) groups excluding carboxylic acids is 1. The molecule has 0 radical (unpaired) electrons. The van der Waals surface area contributed by atoms with Crippen molar-refractivity contribution < 1.29 is 4.79 Å². The molecule has 2 aromatic carbocycles. The lowest BCUT2D eigenvalue weighted by Gasteiger charge is -2.08. The number of rotatable bonds is 2. The van der Waals surface area contributed by atoms with Gasteiger partial charge in [0, 0.05) is 23.5 Å². The van der Waals surface area contributed by atoms with E-state index in [0.717, 1.165) is 24.2 Å². The second-order valence-electron chi connectivity index (χ2n) is 4.81. The van der Waals surface area contributed by atoms with Gasteiger partial charge in [-0.05, 0) is 48.4 Å². The summed E-state index contributed by atoms with van der Waals surface area (Å²) in [4.78, 5) is 12.3. The van der Waals surface area contributed by atoms with Crippen molar-refractivity contribution in [2.75, 3.05) is 17.2 Å². The minimum atomic E-state index is -0.198. The first-order valence-electron chi connectivity index (χ1n) is 6.55. The van der Waals surface area contributed by atoms with Crippen LogP contribution in [0, 0.1) is 11.3 Å². The lowest BCUT2D eigenvalue weighted by Crippen LogP contribution is -2.12. The molecule has 0 atom stereocenters. The van der Waals surface area contributed by atoms with E-state index < -0.39 is 0 Å². The molecule has 2 aromatic rings. The third-order valence-corrected chi connectivity index (χ3v) is 3.75. The van der Waals surface area contributed by atoms with Gasteiger partial charge >= 0.3 is 0 Å². The van der Waals surface area contributed by atoms with E-state index in [0.29, 0.717) is 21.8 Å². The van der Waals surface area contributed by atoms with E-state index in [1.807, 2.05) is 18.2 Å². The summed E-state index contributed by atoms with van der Waals surface area (Å²) in [6.07, 6.45) is 0.927. The molecule has 1 heterocycles. The molecule has 1 aliphatic heterocycles. The van der Waals surface area contributed by atoms with Crippen molar-refractivity contribution in [3.8, 4) is 6.07 Å². The normalized spacial score (nSPS) is 12.2. The summed E-state index contributed by atoms with van der Waals surface area (Å²) in [6.45, 7) is 0.906. The number of halogens is 1. The molecule has 0 aliphatic carbocycles. The molecule has 5 heteroatoms. The van der Waals surface area contributed by atoms with Gasteiger partial charge < -0.3 is 10.6 Å². The van der Waals surface area contributed by atoms with E-state index in [1.54, 1.807) is 24.3 Å². The molecule has 4 nitrogen and oxygen atoms in total. The number of benzene rings is 2. The van der Waals surface area contributed by atoms with Crippen LogP contribution in [0.5, 0.6) is 0 Å². The number of fused-ring (bicyclic) bond motifs is 1. The Labute approximate surface area is 127 Å². The first-order chi connectivity index (χ1) is 10.2. The van der Waals surface area contributed by atoms with Crippen LogP contribution < -0.4 is 10.6 Å². The number of hydrogen-bond acceptors (Lipinski definition) is 3. The largest absolute Gasteiger partial charge is 0.384 e. The molecule has 0 saturated carbocycles. The van der Waals surface area contributed by atoms with Crippen LogP contribution in [0.2, 0.25) is 5.02 Å². The number of nitrogens with zero attached hydrogens (tertiary/aromatic N) is 1. The summed E-state index contributed by atoms with van der Waals surface area (Å²) in [5, 5.41) is 15.4. The molecule has 0 unspecified atom stereocenters. The molecule has 1 amide bonds. The smallest absolute Gasteiger partial charge is 0.255 e. The van der Waals surface area contributed by atoms with Crippen LogP contribution in [0.4, 0.5) is 11.4 Å². The molecule has 104 valence electrons. The van der Waals surface area contributed by atoms with Gasteiger partial charge in [0.2, 0.25) is 0 Å². The van der Waals surface area contributed by atoms with Crippen LogP contribution in [0.3, 0.4) is 0 Å². The number of anilines is 2.